The molecule has 4 nitrogen and oxygen atoms in total. The van der Waals surface area contributed by atoms with Crippen LogP contribution >= 0.6 is 11.6 Å². The zero-order valence-electron chi connectivity index (χ0n) is 22.5. The van der Waals surface area contributed by atoms with E-state index >= 15 is 0 Å². The average Bonchev–Trinajstić information content (AvgIpc) is 3.44. The SMILES string of the molecule is Clc1c(C2N=C(c3ccc(-c4ccccc4)cc3)NC(c3ccc4ccccc4c3)=N2)ccc2oc3ccccc3c12. The predicted octanol–water partition coefficient (Wildman–Crippen LogP) is 9.55. The van der Waals surface area contributed by atoms with Crippen LogP contribution in [0.15, 0.2) is 148 Å². The van der Waals surface area contributed by atoms with Crippen LogP contribution in [-0.2, 0) is 0 Å². The summed E-state index contributed by atoms with van der Waals surface area (Å²) >= 11 is 7.13. The van der Waals surface area contributed by atoms with E-state index in [1.807, 2.05) is 42.5 Å². The fourth-order valence-electron chi connectivity index (χ4n) is 5.66. The Hall–Kier alpha value is -5.19. The van der Waals surface area contributed by atoms with Gasteiger partial charge in [-0.05, 0) is 46.2 Å². The van der Waals surface area contributed by atoms with Gasteiger partial charge >= 0.3 is 0 Å². The average molecular weight is 562 g/mol. The van der Waals surface area contributed by atoms with E-state index in [4.69, 9.17) is 26.0 Å². The fourth-order valence-corrected chi connectivity index (χ4v) is 6.02. The Labute approximate surface area is 247 Å². The molecular formula is C37H24ClN3O. The van der Waals surface area contributed by atoms with Gasteiger partial charge in [0.2, 0.25) is 0 Å². The van der Waals surface area contributed by atoms with Crippen LogP contribution in [0.5, 0.6) is 0 Å². The van der Waals surface area contributed by atoms with Crippen LogP contribution in [0.2, 0.25) is 5.02 Å². The number of fused-ring (bicyclic) bond motifs is 4. The van der Waals surface area contributed by atoms with Gasteiger partial charge in [0.05, 0.1) is 5.02 Å². The second-order valence-corrected chi connectivity index (χ2v) is 10.8. The van der Waals surface area contributed by atoms with Gasteiger partial charge in [-0.1, -0.05) is 121 Å². The lowest BCUT2D eigenvalue weighted by molar-refractivity contribution is 0.668. The summed E-state index contributed by atoms with van der Waals surface area (Å²) in [6.07, 6.45) is -0.540. The van der Waals surface area contributed by atoms with E-state index in [9.17, 15) is 0 Å². The first-order valence-corrected chi connectivity index (χ1v) is 14.3. The number of nitrogens with one attached hydrogen (secondary N) is 1. The third kappa shape index (κ3) is 4.25. The molecule has 1 N–H and O–H groups in total. The number of aliphatic imine (C=N–C) groups is 2. The van der Waals surface area contributed by atoms with Crippen LogP contribution in [0.25, 0.3) is 43.8 Å². The molecule has 1 atom stereocenters. The molecule has 0 spiro atoms. The molecule has 6 aromatic carbocycles. The fraction of sp³-hybridized carbons (Fsp3) is 0.0270. The number of hydrogen-bond acceptors (Lipinski definition) is 4. The largest absolute Gasteiger partial charge is 0.456 e. The maximum Gasteiger partial charge on any atom is 0.171 e. The van der Waals surface area contributed by atoms with Crippen molar-refractivity contribution in [2.45, 2.75) is 6.17 Å². The van der Waals surface area contributed by atoms with E-state index in [0.717, 1.165) is 61.2 Å². The molecule has 1 aromatic heterocycles. The summed E-state index contributed by atoms with van der Waals surface area (Å²) in [6.45, 7) is 0. The second-order valence-electron chi connectivity index (χ2n) is 10.4. The van der Waals surface area contributed by atoms with Crippen LogP contribution < -0.4 is 5.32 Å². The first kappa shape index (κ1) is 24.6. The Morgan fingerprint density at radius 1 is 0.548 bits per heavy atom. The monoisotopic (exact) mass is 561 g/mol. The molecule has 0 saturated heterocycles. The number of amidine groups is 2. The Morgan fingerprint density at radius 2 is 1.19 bits per heavy atom. The summed E-state index contributed by atoms with van der Waals surface area (Å²) in [5.41, 5.74) is 6.66. The van der Waals surface area contributed by atoms with Crippen LogP contribution in [0, 0.1) is 0 Å². The van der Waals surface area contributed by atoms with Crippen LogP contribution in [-0.4, -0.2) is 11.7 Å². The molecule has 5 heteroatoms. The molecule has 1 aliphatic heterocycles. The van der Waals surface area contributed by atoms with Crippen molar-refractivity contribution in [2.75, 3.05) is 0 Å². The van der Waals surface area contributed by atoms with E-state index in [1.54, 1.807) is 0 Å². The quantitative estimate of drug-likeness (QED) is 0.232. The highest BCUT2D eigenvalue weighted by Crippen LogP contribution is 2.40. The summed E-state index contributed by atoms with van der Waals surface area (Å²) in [5.74, 6) is 1.49. The minimum absolute atomic E-state index is 0.540. The predicted molar refractivity (Wildman–Crippen MR) is 174 cm³/mol. The molecule has 42 heavy (non-hydrogen) atoms. The summed E-state index contributed by atoms with van der Waals surface area (Å²) in [5, 5.41) is 8.33. The molecule has 8 rings (SSSR count). The van der Waals surface area contributed by atoms with Crippen molar-refractivity contribution in [2.24, 2.45) is 9.98 Å². The maximum atomic E-state index is 7.13. The minimum atomic E-state index is -0.540. The minimum Gasteiger partial charge on any atom is -0.456 e. The molecular weight excluding hydrogens is 538 g/mol. The number of rotatable bonds is 4. The molecule has 0 amide bonds. The van der Waals surface area contributed by atoms with Crippen molar-refractivity contribution >= 4 is 56.0 Å². The van der Waals surface area contributed by atoms with Crippen molar-refractivity contribution in [3.63, 3.8) is 0 Å². The molecule has 0 aliphatic carbocycles. The molecule has 0 saturated carbocycles. The first-order valence-electron chi connectivity index (χ1n) is 13.9. The lowest BCUT2D eigenvalue weighted by Crippen LogP contribution is -2.36. The summed E-state index contributed by atoms with van der Waals surface area (Å²) < 4.78 is 6.08. The number of para-hydroxylation sites is 1. The summed E-state index contributed by atoms with van der Waals surface area (Å²) in [7, 11) is 0. The molecule has 2 heterocycles. The van der Waals surface area contributed by atoms with Crippen molar-refractivity contribution in [3.05, 3.63) is 155 Å². The highest BCUT2D eigenvalue weighted by atomic mass is 35.5. The summed E-state index contributed by atoms with van der Waals surface area (Å²) in [4.78, 5) is 10.2. The number of furan rings is 1. The topological polar surface area (TPSA) is 49.9 Å². The smallest absolute Gasteiger partial charge is 0.171 e. The van der Waals surface area contributed by atoms with Crippen molar-refractivity contribution in [3.8, 4) is 11.1 Å². The third-order valence-electron chi connectivity index (χ3n) is 7.82. The Bertz CT molecular complexity index is 2180. The Balaban J connectivity index is 1.26. The lowest BCUT2D eigenvalue weighted by Gasteiger charge is -2.23. The third-order valence-corrected chi connectivity index (χ3v) is 8.22. The van der Waals surface area contributed by atoms with Gasteiger partial charge in [0.15, 0.2) is 6.17 Å². The number of benzene rings is 6. The van der Waals surface area contributed by atoms with Gasteiger partial charge in [-0.25, -0.2) is 9.98 Å². The molecule has 7 aromatic rings. The van der Waals surface area contributed by atoms with Gasteiger partial charge in [0, 0.05) is 27.5 Å². The van der Waals surface area contributed by atoms with E-state index in [2.05, 4.69) is 96.3 Å². The molecule has 1 aliphatic rings. The number of halogens is 1. The number of nitrogens with zero attached hydrogens (tertiary/aromatic N) is 2. The Morgan fingerprint density at radius 3 is 2.02 bits per heavy atom. The molecule has 0 radical (unpaired) electrons. The van der Waals surface area contributed by atoms with Crippen LogP contribution in [0.4, 0.5) is 0 Å². The van der Waals surface area contributed by atoms with Crippen molar-refractivity contribution < 1.29 is 4.42 Å². The molecule has 200 valence electrons. The standard InChI is InChI=1S/C37H24ClN3O/c38-34-30(20-21-32-33(34)29-12-6-7-13-31(29)42-32)37-40-35(26-17-14-25(15-18-26)23-8-2-1-3-9-23)39-36(41-37)28-19-16-24-10-4-5-11-27(24)22-28/h1-22,37H,(H,39,40,41). The summed E-state index contributed by atoms with van der Waals surface area (Å²) in [6, 6.07) is 45.4. The first-order chi connectivity index (χ1) is 20.7. The van der Waals surface area contributed by atoms with E-state index in [0.29, 0.717) is 5.02 Å². The maximum absolute atomic E-state index is 7.13. The van der Waals surface area contributed by atoms with E-state index < -0.39 is 6.17 Å². The van der Waals surface area contributed by atoms with Gasteiger partial charge in [0.1, 0.15) is 22.8 Å². The molecule has 0 fully saturated rings. The van der Waals surface area contributed by atoms with E-state index in [1.165, 1.54) is 10.9 Å². The zero-order chi connectivity index (χ0) is 28.0. The highest BCUT2D eigenvalue weighted by molar-refractivity contribution is 6.38. The second kappa shape index (κ2) is 10.0. The van der Waals surface area contributed by atoms with E-state index in [-0.39, 0.29) is 0 Å². The molecule has 0 bridgehead atoms. The van der Waals surface area contributed by atoms with Gasteiger partial charge < -0.3 is 9.73 Å². The van der Waals surface area contributed by atoms with Gasteiger partial charge in [0.25, 0.3) is 0 Å². The molecule has 1 unspecified atom stereocenters. The van der Waals surface area contributed by atoms with Crippen LogP contribution in [0.3, 0.4) is 0 Å². The normalized spacial score (nSPS) is 15.0. The van der Waals surface area contributed by atoms with Gasteiger partial charge in [-0.15, -0.1) is 0 Å². The zero-order valence-corrected chi connectivity index (χ0v) is 23.2. The lowest BCUT2D eigenvalue weighted by atomic mass is 10.0. The van der Waals surface area contributed by atoms with Gasteiger partial charge in [-0.3, -0.25) is 0 Å². The number of hydrogen-bond donors (Lipinski definition) is 1. The van der Waals surface area contributed by atoms with Gasteiger partial charge in [-0.2, -0.15) is 0 Å². The highest BCUT2D eigenvalue weighted by Gasteiger charge is 2.24. The van der Waals surface area contributed by atoms with Crippen LogP contribution in [0.1, 0.15) is 22.9 Å². The Kier molecular flexibility index (Phi) is 5.87. The van der Waals surface area contributed by atoms with Crippen molar-refractivity contribution in [1.82, 2.24) is 5.32 Å². The van der Waals surface area contributed by atoms with Crippen molar-refractivity contribution in [1.29, 1.82) is 0 Å².